The minimum Gasteiger partial charge on any atom is -0.351 e. The molecule has 3 rings (SSSR count). The Labute approximate surface area is 140 Å². The molecule has 3 aromatic rings. The lowest BCUT2D eigenvalue weighted by Crippen LogP contribution is -2.23. The molecule has 0 unspecified atom stereocenters. The maximum absolute atomic E-state index is 12.0. The van der Waals surface area contributed by atoms with Crippen molar-refractivity contribution in [1.29, 1.82) is 0 Å². The van der Waals surface area contributed by atoms with Crippen molar-refractivity contribution in [2.75, 3.05) is 0 Å². The van der Waals surface area contributed by atoms with E-state index in [1.165, 1.54) is 10.4 Å². The largest absolute Gasteiger partial charge is 0.351 e. The number of carbonyl (C=O) groups is 1. The Morgan fingerprint density at radius 2 is 2.09 bits per heavy atom. The van der Waals surface area contributed by atoms with Crippen LogP contribution < -0.4 is 5.32 Å². The number of thiazole rings is 1. The predicted octanol–water partition coefficient (Wildman–Crippen LogP) is 3.58. The number of nitrogens with one attached hydrogen (secondary N) is 1. The fraction of sp³-hybridized carbons (Fsp3) is 0.333. The average molecular weight is 327 g/mol. The maximum atomic E-state index is 12.0. The number of hydrogen-bond donors (Lipinski definition) is 1. The minimum atomic E-state index is 0.102. The summed E-state index contributed by atoms with van der Waals surface area (Å²) in [7, 11) is 2.02. The van der Waals surface area contributed by atoms with Gasteiger partial charge in [0.2, 0.25) is 5.91 Å². The molecule has 0 fully saturated rings. The number of hydrogen-bond acceptors (Lipinski definition) is 3. The quantitative estimate of drug-likeness (QED) is 0.752. The molecule has 23 heavy (non-hydrogen) atoms. The van der Waals surface area contributed by atoms with Gasteiger partial charge in [-0.15, -0.1) is 11.3 Å². The van der Waals surface area contributed by atoms with Crippen LogP contribution in [0.5, 0.6) is 0 Å². The van der Waals surface area contributed by atoms with Crippen LogP contribution in [0.3, 0.4) is 0 Å². The summed E-state index contributed by atoms with van der Waals surface area (Å²) in [5, 5.41) is 4.10. The molecule has 0 spiro atoms. The second-order valence-corrected chi connectivity index (χ2v) is 6.85. The van der Waals surface area contributed by atoms with E-state index in [0.29, 0.717) is 13.0 Å². The van der Waals surface area contributed by atoms with Gasteiger partial charge in [0.15, 0.2) is 0 Å². The van der Waals surface area contributed by atoms with Crippen molar-refractivity contribution in [2.45, 2.75) is 32.7 Å². The molecule has 0 saturated heterocycles. The van der Waals surface area contributed by atoms with E-state index < -0.39 is 0 Å². The van der Waals surface area contributed by atoms with Crippen molar-refractivity contribution in [2.24, 2.45) is 7.05 Å². The molecule has 120 valence electrons. The smallest absolute Gasteiger partial charge is 0.220 e. The van der Waals surface area contributed by atoms with E-state index in [9.17, 15) is 4.79 Å². The summed E-state index contributed by atoms with van der Waals surface area (Å²) in [5.74, 6) is 0.102. The Morgan fingerprint density at radius 1 is 1.26 bits per heavy atom. The van der Waals surface area contributed by atoms with Crippen LogP contribution in [0.2, 0.25) is 0 Å². The van der Waals surface area contributed by atoms with E-state index in [-0.39, 0.29) is 5.91 Å². The van der Waals surface area contributed by atoms with E-state index in [0.717, 1.165) is 29.1 Å². The van der Waals surface area contributed by atoms with Crippen LogP contribution >= 0.6 is 11.3 Å². The van der Waals surface area contributed by atoms with Gasteiger partial charge in [0, 0.05) is 24.9 Å². The van der Waals surface area contributed by atoms with Crippen LogP contribution in [0.4, 0.5) is 0 Å². The second-order valence-electron chi connectivity index (χ2n) is 5.73. The molecule has 0 atom stereocenters. The fourth-order valence-corrected chi connectivity index (χ4v) is 3.56. The van der Waals surface area contributed by atoms with Gasteiger partial charge >= 0.3 is 0 Å². The Morgan fingerprint density at radius 3 is 2.83 bits per heavy atom. The van der Waals surface area contributed by atoms with Gasteiger partial charge in [-0.3, -0.25) is 4.79 Å². The average Bonchev–Trinajstić information content (AvgIpc) is 3.09. The lowest BCUT2D eigenvalue weighted by atomic mass is 10.2. The normalized spacial score (nSPS) is 11.0. The molecule has 2 aromatic heterocycles. The molecule has 0 saturated carbocycles. The number of nitrogens with zero attached hydrogens (tertiary/aromatic N) is 2. The zero-order valence-electron chi connectivity index (χ0n) is 13.5. The molecule has 1 N–H and O–H groups in total. The summed E-state index contributed by atoms with van der Waals surface area (Å²) >= 11 is 1.72. The molecule has 0 bridgehead atoms. The summed E-state index contributed by atoms with van der Waals surface area (Å²) in [4.78, 5) is 16.6. The molecule has 0 radical (unpaired) electrons. The number of aryl methyl sites for hydroxylation is 2. The predicted molar refractivity (Wildman–Crippen MR) is 94.6 cm³/mol. The van der Waals surface area contributed by atoms with Gasteiger partial charge in [0.05, 0.1) is 21.8 Å². The van der Waals surface area contributed by atoms with Crippen molar-refractivity contribution in [1.82, 2.24) is 14.9 Å². The maximum Gasteiger partial charge on any atom is 0.220 e. The van der Waals surface area contributed by atoms with Gasteiger partial charge in [0.1, 0.15) is 0 Å². The van der Waals surface area contributed by atoms with Gasteiger partial charge in [-0.1, -0.05) is 12.1 Å². The summed E-state index contributed by atoms with van der Waals surface area (Å²) in [6.45, 7) is 2.65. The van der Waals surface area contributed by atoms with E-state index in [1.54, 1.807) is 11.3 Å². The van der Waals surface area contributed by atoms with E-state index in [4.69, 9.17) is 0 Å². The lowest BCUT2D eigenvalue weighted by Gasteiger charge is -2.07. The van der Waals surface area contributed by atoms with Crippen LogP contribution in [0.1, 0.15) is 29.2 Å². The SMILES string of the molecule is Cc1ccc(CNC(=O)CCCc2nc3ccccc3s2)n1C. The highest BCUT2D eigenvalue weighted by Crippen LogP contribution is 2.22. The molecule has 0 aliphatic rings. The van der Waals surface area contributed by atoms with E-state index in [1.807, 2.05) is 25.2 Å². The molecule has 0 aliphatic heterocycles. The zero-order chi connectivity index (χ0) is 16.2. The minimum absolute atomic E-state index is 0.102. The third kappa shape index (κ3) is 3.79. The topological polar surface area (TPSA) is 46.9 Å². The first-order valence-corrected chi connectivity index (χ1v) is 8.67. The highest BCUT2D eigenvalue weighted by molar-refractivity contribution is 7.18. The van der Waals surface area contributed by atoms with Crippen LogP contribution in [0.15, 0.2) is 36.4 Å². The summed E-state index contributed by atoms with van der Waals surface area (Å²) in [5.41, 5.74) is 3.38. The highest BCUT2D eigenvalue weighted by atomic mass is 32.1. The molecule has 5 heteroatoms. The first-order chi connectivity index (χ1) is 11.1. The van der Waals surface area contributed by atoms with Crippen molar-refractivity contribution >= 4 is 27.5 Å². The Balaban J connectivity index is 1.45. The molecule has 4 nitrogen and oxygen atoms in total. The molecular formula is C18H21N3OS. The molecule has 2 heterocycles. The molecule has 1 aromatic carbocycles. The van der Waals surface area contributed by atoms with Crippen molar-refractivity contribution < 1.29 is 4.79 Å². The van der Waals surface area contributed by atoms with Gasteiger partial charge in [-0.25, -0.2) is 4.98 Å². The summed E-state index contributed by atoms with van der Waals surface area (Å²) < 4.78 is 3.31. The lowest BCUT2D eigenvalue weighted by molar-refractivity contribution is -0.121. The monoisotopic (exact) mass is 327 g/mol. The number of rotatable bonds is 6. The van der Waals surface area contributed by atoms with Gasteiger partial charge in [-0.05, 0) is 44.0 Å². The van der Waals surface area contributed by atoms with Crippen molar-refractivity contribution in [3.63, 3.8) is 0 Å². The van der Waals surface area contributed by atoms with Crippen molar-refractivity contribution in [3.05, 3.63) is 52.8 Å². The van der Waals surface area contributed by atoms with Crippen molar-refractivity contribution in [3.8, 4) is 0 Å². The van der Waals surface area contributed by atoms with Gasteiger partial charge in [0.25, 0.3) is 0 Å². The van der Waals surface area contributed by atoms with Crippen LogP contribution in [-0.2, 0) is 24.8 Å². The van der Waals surface area contributed by atoms with Gasteiger partial charge < -0.3 is 9.88 Å². The zero-order valence-corrected chi connectivity index (χ0v) is 14.3. The first-order valence-electron chi connectivity index (χ1n) is 7.86. The third-order valence-corrected chi connectivity index (χ3v) is 5.17. The Kier molecular flexibility index (Phi) is 4.76. The Bertz CT molecular complexity index is 786. The standard InChI is InChI=1S/C18H21N3OS/c1-13-10-11-14(21(13)2)12-19-17(22)8-5-9-18-20-15-6-3-4-7-16(15)23-18/h3-4,6-7,10-11H,5,8-9,12H2,1-2H3,(H,19,22). The molecule has 1 amide bonds. The summed E-state index contributed by atoms with van der Waals surface area (Å²) in [6, 6.07) is 12.3. The summed E-state index contributed by atoms with van der Waals surface area (Å²) in [6.07, 6.45) is 2.23. The van der Waals surface area contributed by atoms with E-state index in [2.05, 4.69) is 40.0 Å². The van der Waals surface area contributed by atoms with Gasteiger partial charge in [-0.2, -0.15) is 0 Å². The fourth-order valence-electron chi connectivity index (χ4n) is 2.55. The van der Waals surface area contributed by atoms with Crippen LogP contribution in [0.25, 0.3) is 10.2 Å². The molecular weight excluding hydrogens is 306 g/mol. The number of benzene rings is 1. The second kappa shape index (κ2) is 6.96. The van der Waals surface area contributed by atoms with E-state index >= 15 is 0 Å². The Hall–Kier alpha value is -2.14. The van der Waals surface area contributed by atoms with Crippen LogP contribution in [0, 0.1) is 6.92 Å². The molecule has 0 aliphatic carbocycles. The third-order valence-electron chi connectivity index (χ3n) is 4.08. The number of fused-ring (bicyclic) bond motifs is 1. The number of aromatic nitrogens is 2. The number of amides is 1. The van der Waals surface area contributed by atoms with Crippen LogP contribution in [-0.4, -0.2) is 15.5 Å². The highest BCUT2D eigenvalue weighted by Gasteiger charge is 2.07. The first kappa shape index (κ1) is 15.7. The number of carbonyl (C=O) groups excluding carboxylic acids is 1. The number of para-hydroxylation sites is 1.